The molecule has 0 bridgehead atoms. The van der Waals surface area contributed by atoms with Crippen molar-refractivity contribution in [2.24, 2.45) is 0 Å². The van der Waals surface area contributed by atoms with Gasteiger partial charge in [-0.25, -0.2) is 0 Å². The van der Waals surface area contributed by atoms with Gasteiger partial charge in [-0.2, -0.15) is 5.26 Å². The van der Waals surface area contributed by atoms with E-state index in [0.717, 1.165) is 5.56 Å². The maximum Gasteiger partial charge on any atom is 0.263 e. The molecule has 1 heterocycles. The lowest BCUT2D eigenvalue weighted by molar-refractivity contribution is -0.117. The van der Waals surface area contributed by atoms with Gasteiger partial charge in [-0.1, -0.05) is 35.3 Å². The van der Waals surface area contributed by atoms with E-state index in [9.17, 15) is 10.1 Å². The largest absolute Gasteiger partial charge is 0.454 e. The highest BCUT2D eigenvalue weighted by Crippen LogP contribution is 2.32. The molecule has 0 radical (unpaired) electrons. The zero-order valence-electron chi connectivity index (χ0n) is 13.4. The maximum atomic E-state index is 12.2. The fourth-order valence-electron chi connectivity index (χ4n) is 2.26. The molecule has 2 aromatic rings. The Bertz CT molecular complexity index is 902. The Morgan fingerprint density at radius 3 is 2.65 bits per heavy atom. The first kappa shape index (κ1) is 17.9. The maximum absolute atomic E-state index is 12.2. The molecule has 0 fully saturated rings. The third kappa shape index (κ3) is 4.02. The van der Waals surface area contributed by atoms with Gasteiger partial charge in [0, 0.05) is 12.7 Å². The van der Waals surface area contributed by atoms with Gasteiger partial charge < -0.3 is 20.1 Å². The minimum Gasteiger partial charge on any atom is -0.454 e. The number of carbonyl (C=O) groups excluding carboxylic acids is 1. The quantitative estimate of drug-likeness (QED) is 0.599. The number of hydrogen-bond acceptors (Lipinski definition) is 5. The zero-order chi connectivity index (χ0) is 18.5. The van der Waals surface area contributed by atoms with E-state index in [1.807, 2.05) is 12.1 Å². The lowest BCUT2D eigenvalue weighted by Gasteiger charge is -2.08. The number of nitriles is 1. The lowest BCUT2D eigenvalue weighted by atomic mass is 10.2. The SMILES string of the molecule is N#C/C(=C/Nc1c(Cl)cccc1Cl)C(=O)NCc1ccc2c(c1)OCO2. The molecule has 1 amide bonds. The number of nitrogens with one attached hydrogen (secondary N) is 2. The van der Waals surface area contributed by atoms with Crippen molar-refractivity contribution in [3.05, 3.63) is 63.8 Å². The molecule has 3 rings (SSSR count). The molecule has 0 spiro atoms. The van der Waals surface area contributed by atoms with E-state index in [-0.39, 0.29) is 18.9 Å². The predicted octanol–water partition coefficient (Wildman–Crippen LogP) is 3.86. The van der Waals surface area contributed by atoms with Crippen LogP contribution in [-0.2, 0) is 11.3 Å². The van der Waals surface area contributed by atoms with Crippen LogP contribution in [0.5, 0.6) is 11.5 Å². The molecular formula is C18H13Cl2N3O3. The van der Waals surface area contributed by atoms with Gasteiger partial charge in [0.25, 0.3) is 5.91 Å². The number of rotatable bonds is 5. The van der Waals surface area contributed by atoms with Crippen molar-refractivity contribution >= 4 is 34.8 Å². The van der Waals surface area contributed by atoms with Gasteiger partial charge in [-0.05, 0) is 29.8 Å². The van der Waals surface area contributed by atoms with Crippen LogP contribution >= 0.6 is 23.2 Å². The van der Waals surface area contributed by atoms with Crippen LogP contribution in [-0.4, -0.2) is 12.7 Å². The number of carbonyl (C=O) groups is 1. The van der Waals surface area contributed by atoms with E-state index in [1.54, 1.807) is 30.3 Å². The van der Waals surface area contributed by atoms with Crippen molar-refractivity contribution in [1.82, 2.24) is 5.32 Å². The molecule has 26 heavy (non-hydrogen) atoms. The fraction of sp³-hybridized carbons (Fsp3) is 0.111. The van der Waals surface area contributed by atoms with Gasteiger partial charge in [0.15, 0.2) is 11.5 Å². The molecular weight excluding hydrogens is 377 g/mol. The summed E-state index contributed by atoms with van der Waals surface area (Å²) in [5, 5.41) is 15.5. The van der Waals surface area contributed by atoms with Crippen LogP contribution in [0.3, 0.4) is 0 Å². The summed E-state index contributed by atoms with van der Waals surface area (Å²) in [6, 6.07) is 12.2. The second-order valence-electron chi connectivity index (χ2n) is 5.28. The number of anilines is 1. The normalized spacial score (nSPS) is 12.4. The van der Waals surface area contributed by atoms with Gasteiger partial charge in [-0.3, -0.25) is 4.79 Å². The smallest absolute Gasteiger partial charge is 0.263 e. The molecule has 1 aliphatic rings. The molecule has 0 aromatic heterocycles. The number of benzene rings is 2. The number of hydrogen-bond donors (Lipinski definition) is 2. The van der Waals surface area contributed by atoms with E-state index in [4.69, 9.17) is 32.7 Å². The summed E-state index contributed by atoms with van der Waals surface area (Å²) < 4.78 is 10.5. The average molecular weight is 390 g/mol. The Morgan fingerprint density at radius 2 is 1.92 bits per heavy atom. The Balaban J connectivity index is 1.64. The second kappa shape index (κ2) is 8.00. The Hall–Kier alpha value is -2.88. The molecule has 2 N–H and O–H groups in total. The highest BCUT2D eigenvalue weighted by molar-refractivity contribution is 6.39. The second-order valence-corrected chi connectivity index (χ2v) is 6.10. The molecule has 2 aromatic carbocycles. The molecule has 8 heteroatoms. The standard InChI is InChI=1S/C18H13Cl2N3O3/c19-13-2-1-3-14(20)17(13)22-9-12(7-21)18(24)23-8-11-4-5-15-16(6-11)26-10-25-15/h1-6,9,22H,8,10H2,(H,23,24)/b12-9-. The summed E-state index contributed by atoms with van der Waals surface area (Å²) in [6.45, 7) is 0.421. The molecule has 1 aliphatic heterocycles. The molecule has 0 aliphatic carbocycles. The monoisotopic (exact) mass is 389 g/mol. The summed E-state index contributed by atoms with van der Waals surface area (Å²) >= 11 is 12.1. The first-order valence-electron chi connectivity index (χ1n) is 7.56. The van der Waals surface area contributed by atoms with Crippen molar-refractivity contribution < 1.29 is 14.3 Å². The van der Waals surface area contributed by atoms with E-state index in [1.165, 1.54) is 6.20 Å². The molecule has 0 saturated heterocycles. The highest BCUT2D eigenvalue weighted by Gasteiger charge is 2.14. The molecule has 132 valence electrons. The van der Waals surface area contributed by atoms with Crippen molar-refractivity contribution in [3.8, 4) is 17.6 Å². The summed E-state index contributed by atoms with van der Waals surface area (Å²) in [5.41, 5.74) is 1.14. The van der Waals surface area contributed by atoms with E-state index < -0.39 is 5.91 Å². The van der Waals surface area contributed by atoms with Crippen molar-refractivity contribution in [2.75, 3.05) is 12.1 Å². The van der Waals surface area contributed by atoms with Crippen molar-refractivity contribution in [2.45, 2.75) is 6.54 Å². The van der Waals surface area contributed by atoms with Gasteiger partial charge in [0.05, 0.1) is 15.7 Å². The summed E-state index contributed by atoms with van der Waals surface area (Å²) in [5.74, 6) is 0.766. The van der Waals surface area contributed by atoms with Gasteiger partial charge in [-0.15, -0.1) is 0 Å². The van der Waals surface area contributed by atoms with Crippen molar-refractivity contribution in [3.63, 3.8) is 0 Å². The van der Waals surface area contributed by atoms with Crippen LogP contribution < -0.4 is 20.1 Å². The van der Waals surface area contributed by atoms with Crippen LogP contribution in [0.1, 0.15) is 5.56 Å². The Morgan fingerprint density at radius 1 is 1.19 bits per heavy atom. The zero-order valence-corrected chi connectivity index (χ0v) is 14.9. The minimum atomic E-state index is -0.527. The Kier molecular flexibility index (Phi) is 5.52. The third-order valence-corrected chi connectivity index (χ3v) is 4.21. The molecule has 6 nitrogen and oxygen atoms in total. The van der Waals surface area contributed by atoms with E-state index >= 15 is 0 Å². The van der Waals surface area contributed by atoms with Crippen LogP contribution in [0.15, 0.2) is 48.2 Å². The summed E-state index contributed by atoms with van der Waals surface area (Å²) in [7, 11) is 0. The van der Waals surface area contributed by atoms with Gasteiger partial charge >= 0.3 is 0 Å². The number of amides is 1. The summed E-state index contributed by atoms with van der Waals surface area (Å²) in [6.07, 6.45) is 1.27. The minimum absolute atomic E-state index is 0.110. The third-order valence-electron chi connectivity index (χ3n) is 3.58. The first-order valence-corrected chi connectivity index (χ1v) is 8.31. The van der Waals surface area contributed by atoms with Crippen LogP contribution in [0.25, 0.3) is 0 Å². The highest BCUT2D eigenvalue weighted by atomic mass is 35.5. The Labute approximate surface area is 159 Å². The number of para-hydroxylation sites is 1. The van der Waals surface area contributed by atoms with E-state index in [0.29, 0.717) is 27.2 Å². The van der Waals surface area contributed by atoms with Crippen LogP contribution in [0.4, 0.5) is 5.69 Å². The number of halogens is 2. The topological polar surface area (TPSA) is 83.4 Å². The summed E-state index contributed by atoms with van der Waals surface area (Å²) in [4.78, 5) is 12.2. The van der Waals surface area contributed by atoms with Crippen LogP contribution in [0, 0.1) is 11.3 Å². The molecule has 0 atom stereocenters. The number of ether oxygens (including phenoxy) is 2. The average Bonchev–Trinajstić information content (AvgIpc) is 3.10. The molecule has 0 unspecified atom stereocenters. The fourth-order valence-corrected chi connectivity index (χ4v) is 2.76. The van der Waals surface area contributed by atoms with Crippen LogP contribution in [0.2, 0.25) is 10.0 Å². The lowest BCUT2D eigenvalue weighted by Crippen LogP contribution is -2.24. The number of fused-ring (bicyclic) bond motifs is 1. The van der Waals surface area contributed by atoms with E-state index in [2.05, 4.69) is 10.6 Å². The van der Waals surface area contributed by atoms with Gasteiger partial charge in [0.1, 0.15) is 11.6 Å². The number of nitrogens with zero attached hydrogens (tertiary/aromatic N) is 1. The predicted molar refractivity (Wildman–Crippen MR) is 98.2 cm³/mol. The van der Waals surface area contributed by atoms with Gasteiger partial charge in [0.2, 0.25) is 6.79 Å². The first-order chi connectivity index (χ1) is 12.6. The van der Waals surface area contributed by atoms with Crippen molar-refractivity contribution in [1.29, 1.82) is 5.26 Å². The molecule has 0 saturated carbocycles.